The molecule has 0 aliphatic heterocycles. The molecule has 0 fully saturated rings. The fourth-order valence-electron chi connectivity index (χ4n) is 8.06. The van der Waals surface area contributed by atoms with Crippen molar-refractivity contribution >= 4 is 75.7 Å². The summed E-state index contributed by atoms with van der Waals surface area (Å²) in [6, 6.07) is 60.4. The molecule has 4 heteroatoms. The van der Waals surface area contributed by atoms with Gasteiger partial charge in [0.15, 0.2) is 11.6 Å². The third-order valence-electron chi connectivity index (χ3n) is 10.4. The predicted molar refractivity (Wildman–Crippen MR) is 213 cm³/mol. The first-order valence-corrected chi connectivity index (χ1v) is 17.3. The molecule has 11 aromatic rings. The van der Waals surface area contributed by atoms with E-state index in [9.17, 15) is 0 Å². The summed E-state index contributed by atoms with van der Waals surface area (Å²) in [7, 11) is 0. The molecule has 0 N–H and O–H groups in total. The van der Waals surface area contributed by atoms with Crippen LogP contribution in [0.15, 0.2) is 170 Å². The van der Waals surface area contributed by atoms with E-state index in [0.717, 1.165) is 27.5 Å². The van der Waals surface area contributed by atoms with Crippen molar-refractivity contribution in [1.82, 2.24) is 19.5 Å². The van der Waals surface area contributed by atoms with Crippen molar-refractivity contribution < 1.29 is 0 Å². The van der Waals surface area contributed by atoms with Gasteiger partial charge in [-0.1, -0.05) is 146 Å². The molecule has 2 heterocycles. The van der Waals surface area contributed by atoms with Crippen LogP contribution in [0.3, 0.4) is 0 Å². The third-order valence-corrected chi connectivity index (χ3v) is 10.4. The standard InChI is InChI=1S/C47H28N4/c1-2-12-33-29(11-1)21-22-30-27-31(23-25-34(30)33)45-48-46(50-47(49-45)51-43-19-9-7-17-40(43)41-18-8-10-20-44(41)51)32-24-26-39-37-15-4-3-13-35(37)36-14-5-6-16-38(36)42(39)28-32/h1-28H. The van der Waals surface area contributed by atoms with Gasteiger partial charge in [-0.3, -0.25) is 4.57 Å². The second-order valence-corrected chi connectivity index (χ2v) is 13.2. The molecule has 11 rings (SSSR count). The number of fused-ring (bicyclic) bond motifs is 12. The summed E-state index contributed by atoms with van der Waals surface area (Å²) in [4.78, 5) is 15.7. The van der Waals surface area contributed by atoms with Gasteiger partial charge in [0.1, 0.15) is 0 Å². The lowest BCUT2D eigenvalue weighted by Crippen LogP contribution is -2.06. The first kappa shape index (κ1) is 28.0. The molecular weight excluding hydrogens is 621 g/mol. The maximum atomic E-state index is 5.27. The average molecular weight is 649 g/mol. The second-order valence-electron chi connectivity index (χ2n) is 13.2. The Morgan fingerprint density at radius 1 is 0.294 bits per heavy atom. The molecule has 0 aliphatic rings. The molecular formula is C47H28N4. The van der Waals surface area contributed by atoms with Crippen molar-refractivity contribution in [3.63, 3.8) is 0 Å². The molecule has 4 nitrogen and oxygen atoms in total. The van der Waals surface area contributed by atoms with E-state index in [1.54, 1.807) is 0 Å². The van der Waals surface area contributed by atoms with Gasteiger partial charge in [0, 0.05) is 21.9 Å². The summed E-state index contributed by atoms with van der Waals surface area (Å²) in [5.74, 6) is 1.86. The van der Waals surface area contributed by atoms with E-state index in [4.69, 9.17) is 15.0 Å². The molecule has 236 valence electrons. The van der Waals surface area contributed by atoms with Crippen LogP contribution in [0.2, 0.25) is 0 Å². The molecule has 0 radical (unpaired) electrons. The fraction of sp³-hybridized carbons (Fsp3) is 0. The van der Waals surface area contributed by atoms with Gasteiger partial charge in [-0.25, -0.2) is 4.98 Å². The highest BCUT2D eigenvalue weighted by atomic mass is 15.2. The van der Waals surface area contributed by atoms with E-state index in [2.05, 4.69) is 174 Å². The van der Waals surface area contributed by atoms with Crippen molar-refractivity contribution in [1.29, 1.82) is 0 Å². The van der Waals surface area contributed by atoms with Crippen LogP contribution in [0.25, 0.3) is 104 Å². The zero-order valence-corrected chi connectivity index (χ0v) is 27.5. The lowest BCUT2D eigenvalue weighted by Gasteiger charge is -2.13. The first-order chi connectivity index (χ1) is 25.3. The molecule has 2 aromatic heterocycles. The van der Waals surface area contributed by atoms with Crippen LogP contribution in [-0.4, -0.2) is 19.5 Å². The second kappa shape index (κ2) is 10.8. The Morgan fingerprint density at radius 3 is 1.35 bits per heavy atom. The van der Waals surface area contributed by atoms with E-state index in [0.29, 0.717) is 17.6 Å². The van der Waals surface area contributed by atoms with Crippen molar-refractivity contribution in [2.75, 3.05) is 0 Å². The third kappa shape index (κ3) is 4.23. The number of benzene rings is 9. The Hall–Kier alpha value is -6.91. The fourth-order valence-corrected chi connectivity index (χ4v) is 8.06. The summed E-state index contributed by atoms with van der Waals surface area (Å²) in [5.41, 5.74) is 4.01. The van der Waals surface area contributed by atoms with E-state index >= 15 is 0 Å². The number of aromatic nitrogens is 4. The summed E-state index contributed by atoms with van der Waals surface area (Å²) < 4.78 is 2.18. The Bertz CT molecular complexity index is 3120. The van der Waals surface area contributed by atoms with Crippen molar-refractivity contribution in [3.05, 3.63) is 170 Å². The Kier molecular flexibility index (Phi) is 5.92. The zero-order chi connectivity index (χ0) is 33.5. The number of para-hydroxylation sites is 2. The van der Waals surface area contributed by atoms with Crippen LogP contribution in [-0.2, 0) is 0 Å². The number of hydrogen-bond acceptors (Lipinski definition) is 3. The van der Waals surface area contributed by atoms with Crippen LogP contribution >= 0.6 is 0 Å². The summed E-state index contributed by atoms with van der Waals surface area (Å²) in [6.07, 6.45) is 0. The molecule has 0 amide bonds. The number of nitrogens with zero attached hydrogens (tertiary/aromatic N) is 4. The van der Waals surface area contributed by atoms with Gasteiger partial charge in [-0.05, 0) is 78.1 Å². The number of rotatable bonds is 3. The highest BCUT2D eigenvalue weighted by Gasteiger charge is 2.19. The molecule has 9 aromatic carbocycles. The minimum Gasteiger partial charge on any atom is -0.278 e. The van der Waals surface area contributed by atoms with Crippen LogP contribution < -0.4 is 0 Å². The van der Waals surface area contributed by atoms with Crippen LogP contribution in [0.5, 0.6) is 0 Å². The lowest BCUT2D eigenvalue weighted by atomic mass is 9.93. The molecule has 0 saturated heterocycles. The average Bonchev–Trinajstić information content (AvgIpc) is 3.55. The molecule has 0 unspecified atom stereocenters. The van der Waals surface area contributed by atoms with Crippen molar-refractivity contribution in [2.45, 2.75) is 0 Å². The first-order valence-electron chi connectivity index (χ1n) is 17.3. The highest BCUT2D eigenvalue weighted by Crippen LogP contribution is 2.38. The van der Waals surface area contributed by atoms with Crippen molar-refractivity contribution in [3.8, 4) is 28.7 Å². The van der Waals surface area contributed by atoms with E-state index in [1.165, 1.54) is 59.2 Å². The Labute approximate surface area is 292 Å². The monoisotopic (exact) mass is 648 g/mol. The minimum absolute atomic E-state index is 0.592. The van der Waals surface area contributed by atoms with E-state index in [-0.39, 0.29) is 0 Å². The molecule has 0 bridgehead atoms. The lowest BCUT2D eigenvalue weighted by molar-refractivity contribution is 0.954. The SMILES string of the molecule is c1ccc2c(c1)ccc1cc(-c3nc(-c4ccc5c6ccccc6c6ccccc6c5c4)nc(-n4c5ccccc5c5ccccc54)n3)ccc12. The predicted octanol–water partition coefficient (Wildman–Crippen LogP) is 12.1. The molecule has 51 heavy (non-hydrogen) atoms. The largest absolute Gasteiger partial charge is 0.278 e. The van der Waals surface area contributed by atoms with Crippen molar-refractivity contribution in [2.24, 2.45) is 0 Å². The molecule has 0 atom stereocenters. The van der Waals surface area contributed by atoms with Crippen LogP contribution in [0.4, 0.5) is 0 Å². The summed E-state index contributed by atoms with van der Waals surface area (Å²) in [6.45, 7) is 0. The Balaban J connectivity index is 1.20. The summed E-state index contributed by atoms with van der Waals surface area (Å²) >= 11 is 0. The van der Waals surface area contributed by atoms with Gasteiger partial charge in [0.2, 0.25) is 5.95 Å². The van der Waals surface area contributed by atoms with Gasteiger partial charge in [0.25, 0.3) is 0 Å². The topological polar surface area (TPSA) is 43.6 Å². The van der Waals surface area contributed by atoms with Gasteiger partial charge < -0.3 is 0 Å². The van der Waals surface area contributed by atoms with Gasteiger partial charge in [-0.15, -0.1) is 0 Å². The Morgan fingerprint density at radius 2 is 0.725 bits per heavy atom. The number of hydrogen-bond donors (Lipinski definition) is 0. The van der Waals surface area contributed by atoms with E-state index in [1.807, 2.05) is 0 Å². The van der Waals surface area contributed by atoms with Gasteiger partial charge >= 0.3 is 0 Å². The summed E-state index contributed by atoms with van der Waals surface area (Å²) in [5, 5.41) is 14.5. The molecule has 0 saturated carbocycles. The van der Waals surface area contributed by atoms with E-state index < -0.39 is 0 Å². The quantitative estimate of drug-likeness (QED) is 0.179. The normalized spacial score (nSPS) is 11.9. The molecule has 0 spiro atoms. The van der Waals surface area contributed by atoms with Crippen LogP contribution in [0, 0.1) is 0 Å². The smallest absolute Gasteiger partial charge is 0.238 e. The maximum Gasteiger partial charge on any atom is 0.238 e. The zero-order valence-electron chi connectivity index (χ0n) is 27.5. The highest BCUT2D eigenvalue weighted by molar-refractivity contribution is 6.25. The van der Waals surface area contributed by atoms with Gasteiger partial charge in [-0.2, -0.15) is 9.97 Å². The van der Waals surface area contributed by atoms with Crippen LogP contribution in [0.1, 0.15) is 0 Å². The maximum absolute atomic E-state index is 5.27. The minimum atomic E-state index is 0.592. The van der Waals surface area contributed by atoms with Gasteiger partial charge in [0.05, 0.1) is 11.0 Å². The molecule has 0 aliphatic carbocycles.